The number of hydrogen-bond acceptors (Lipinski definition) is 1. The molecule has 2 heteroatoms. The lowest BCUT2D eigenvalue weighted by Gasteiger charge is -2.23. The Labute approximate surface area is 88.7 Å². The SMILES string of the molecule is CC(C)CCN(C)C(=O)CC(C)(C)C. The van der Waals surface area contributed by atoms with Gasteiger partial charge in [-0.25, -0.2) is 0 Å². The van der Waals surface area contributed by atoms with E-state index in [-0.39, 0.29) is 11.3 Å². The molecule has 0 unspecified atom stereocenters. The van der Waals surface area contributed by atoms with Crippen molar-refractivity contribution in [2.24, 2.45) is 11.3 Å². The number of nitrogens with zero attached hydrogens (tertiary/aromatic N) is 1. The predicted molar refractivity (Wildman–Crippen MR) is 61.2 cm³/mol. The van der Waals surface area contributed by atoms with E-state index in [2.05, 4.69) is 34.6 Å². The molecule has 0 aromatic rings. The van der Waals surface area contributed by atoms with Crippen LogP contribution in [-0.2, 0) is 4.79 Å². The summed E-state index contributed by atoms with van der Waals surface area (Å²) >= 11 is 0. The van der Waals surface area contributed by atoms with Crippen molar-refractivity contribution < 1.29 is 4.79 Å². The number of amides is 1. The molecule has 0 fully saturated rings. The summed E-state index contributed by atoms with van der Waals surface area (Å²) in [5, 5.41) is 0. The molecule has 2 nitrogen and oxygen atoms in total. The molecular formula is C12H25NO. The molecule has 0 aliphatic carbocycles. The van der Waals surface area contributed by atoms with Crippen molar-refractivity contribution in [3.8, 4) is 0 Å². The summed E-state index contributed by atoms with van der Waals surface area (Å²) in [6, 6.07) is 0. The van der Waals surface area contributed by atoms with Crippen LogP contribution in [0.15, 0.2) is 0 Å². The van der Waals surface area contributed by atoms with Crippen LogP contribution in [0.5, 0.6) is 0 Å². The van der Waals surface area contributed by atoms with E-state index in [0.717, 1.165) is 13.0 Å². The Bertz CT molecular complexity index is 179. The van der Waals surface area contributed by atoms with E-state index in [4.69, 9.17) is 0 Å². The number of rotatable bonds is 4. The van der Waals surface area contributed by atoms with Crippen LogP contribution >= 0.6 is 0 Å². The van der Waals surface area contributed by atoms with Crippen molar-refractivity contribution in [3.63, 3.8) is 0 Å². The highest BCUT2D eigenvalue weighted by atomic mass is 16.2. The maximum Gasteiger partial charge on any atom is 0.222 e. The molecule has 0 aliphatic rings. The maximum atomic E-state index is 11.7. The van der Waals surface area contributed by atoms with E-state index in [0.29, 0.717) is 12.3 Å². The average molecular weight is 199 g/mol. The van der Waals surface area contributed by atoms with E-state index in [1.54, 1.807) is 0 Å². The average Bonchev–Trinajstić information content (AvgIpc) is 1.96. The second-order valence-electron chi connectivity index (χ2n) is 5.74. The molecule has 14 heavy (non-hydrogen) atoms. The summed E-state index contributed by atoms with van der Waals surface area (Å²) in [4.78, 5) is 13.5. The Kier molecular flexibility index (Phi) is 5.17. The Morgan fingerprint density at radius 3 is 2.14 bits per heavy atom. The van der Waals surface area contributed by atoms with Crippen LogP contribution < -0.4 is 0 Å². The molecule has 84 valence electrons. The van der Waals surface area contributed by atoms with E-state index >= 15 is 0 Å². The van der Waals surface area contributed by atoms with Crippen LogP contribution in [0.3, 0.4) is 0 Å². The Balaban J connectivity index is 3.88. The fraction of sp³-hybridized carbons (Fsp3) is 0.917. The lowest BCUT2D eigenvalue weighted by atomic mass is 9.91. The Morgan fingerprint density at radius 2 is 1.79 bits per heavy atom. The molecule has 0 atom stereocenters. The van der Waals surface area contributed by atoms with Gasteiger partial charge in [-0.05, 0) is 17.8 Å². The Hall–Kier alpha value is -0.530. The summed E-state index contributed by atoms with van der Waals surface area (Å²) < 4.78 is 0. The molecule has 0 aromatic carbocycles. The molecule has 0 bridgehead atoms. The van der Waals surface area contributed by atoms with Gasteiger partial charge in [-0.1, -0.05) is 34.6 Å². The van der Waals surface area contributed by atoms with Crippen LogP contribution in [0.25, 0.3) is 0 Å². The second-order valence-corrected chi connectivity index (χ2v) is 5.74. The lowest BCUT2D eigenvalue weighted by molar-refractivity contribution is -0.131. The van der Waals surface area contributed by atoms with Gasteiger partial charge in [0, 0.05) is 20.0 Å². The van der Waals surface area contributed by atoms with E-state index in [1.807, 2.05) is 11.9 Å². The fourth-order valence-corrected chi connectivity index (χ4v) is 1.17. The highest BCUT2D eigenvalue weighted by Gasteiger charge is 2.18. The second kappa shape index (κ2) is 5.38. The van der Waals surface area contributed by atoms with Crippen LogP contribution in [0, 0.1) is 11.3 Å². The van der Waals surface area contributed by atoms with Crippen molar-refractivity contribution in [2.75, 3.05) is 13.6 Å². The number of carbonyl (C=O) groups is 1. The zero-order valence-corrected chi connectivity index (χ0v) is 10.6. The molecule has 0 saturated heterocycles. The van der Waals surface area contributed by atoms with Crippen LogP contribution in [0.4, 0.5) is 0 Å². The van der Waals surface area contributed by atoms with Gasteiger partial charge < -0.3 is 4.90 Å². The van der Waals surface area contributed by atoms with Crippen molar-refractivity contribution in [2.45, 2.75) is 47.5 Å². The van der Waals surface area contributed by atoms with Gasteiger partial charge >= 0.3 is 0 Å². The molecule has 0 radical (unpaired) electrons. The molecule has 0 spiro atoms. The molecular weight excluding hydrogens is 174 g/mol. The molecule has 0 heterocycles. The molecule has 0 N–H and O–H groups in total. The van der Waals surface area contributed by atoms with Gasteiger partial charge in [-0.15, -0.1) is 0 Å². The van der Waals surface area contributed by atoms with Crippen LogP contribution in [-0.4, -0.2) is 24.4 Å². The summed E-state index contributed by atoms with van der Waals surface area (Å²) in [5.74, 6) is 0.929. The van der Waals surface area contributed by atoms with Crippen molar-refractivity contribution in [3.05, 3.63) is 0 Å². The number of carbonyl (C=O) groups excluding carboxylic acids is 1. The summed E-state index contributed by atoms with van der Waals surface area (Å²) in [6.07, 6.45) is 1.73. The fourth-order valence-electron chi connectivity index (χ4n) is 1.17. The molecule has 1 amide bonds. The third-order valence-corrected chi connectivity index (χ3v) is 2.15. The quantitative estimate of drug-likeness (QED) is 0.681. The highest BCUT2D eigenvalue weighted by molar-refractivity contribution is 5.76. The zero-order chi connectivity index (χ0) is 11.4. The molecule has 0 aliphatic heterocycles. The van der Waals surface area contributed by atoms with Gasteiger partial charge in [0.05, 0.1) is 0 Å². The van der Waals surface area contributed by atoms with Crippen LogP contribution in [0.1, 0.15) is 47.5 Å². The smallest absolute Gasteiger partial charge is 0.222 e. The van der Waals surface area contributed by atoms with Gasteiger partial charge in [0.25, 0.3) is 0 Å². The minimum atomic E-state index is 0.100. The first-order chi connectivity index (χ1) is 6.22. The normalized spacial score (nSPS) is 11.9. The summed E-state index contributed by atoms with van der Waals surface area (Å²) in [7, 11) is 1.90. The Morgan fingerprint density at radius 1 is 1.29 bits per heavy atom. The van der Waals surface area contributed by atoms with Crippen LogP contribution in [0.2, 0.25) is 0 Å². The van der Waals surface area contributed by atoms with E-state index in [9.17, 15) is 4.79 Å². The topological polar surface area (TPSA) is 20.3 Å². The minimum absolute atomic E-state index is 0.100. The van der Waals surface area contributed by atoms with Crippen molar-refractivity contribution >= 4 is 5.91 Å². The lowest BCUT2D eigenvalue weighted by Crippen LogP contribution is -2.31. The maximum absolute atomic E-state index is 11.7. The summed E-state index contributed by atoms with van der Waals surface area (Å²) in [5.41, 5.74) is 0.100. The van der Waals surface area contributed by atoms with Crippen molar-refractivity contribution in [1.29, 1.82) is 0 Å². The molecule has 0 aromatic heterocycles. The van der Waals surface area contributed by atoms with Gasteiger partial charge in [-0.3, -0.25) is 4.79 Å². The minimum Gasteiger partial charge on any atom is -0.346 e. The van der Waals surface area contributed by atoms with Crippen molar-refractivity contribution in [1.82, 2.24) is 4.90 Å². The summed E-state index contributed by atoms with van der Waals surface area (Å²) in [6.45, 7) is 11.5. The van der Waals surface area contributed by atoms with Gasteiger partial charge in [-0.2, -0.15) is 0 Å². The molecule has 0 saturated carbocycles. The molecule has 0 rings (SSSR count). The largest absolute Gasteiger partial charge is 0.346 e. The standard InChI is InChI=1S/C12H25NO/c1-10(2)7-8-13(6)11(14)9-12(3,4)5/h10H,7-9H2,1-6H3. The van der Waals surface area contributed by atoms with Gasteiger partial charge in [0.1, 0.15) is 0 Å². The zero-order valence-electron chi connectivity index (χ0n) is 10.6. The van der Waals surface area contributed by atoms with E-state index < -0.39 is 0 Å². The third-order valence-electron chi connectivity index (χ3n) is 2.15. The highest BCUT2D eigenvalue weighted by Crippen LogP contribution is 2.19. The van der Waals surface area contributed by atoms with Gasteiger partial charge in [0.2, 0.25) is 5.91 Å². The first-order valence-electron chi connectivity index (χ1n) is 5.46. The number of hydrogen-bond donors (Lipinski definition) is 0. The first kappa shape index (κ1) is 13.5. The van der Waals surface area contributed by atoms with Gasteiger partial charge in [0.15, 0.2) is 0 Å². The monoisotopic (exact) mass is 199 g/mol. The third kappa shape index (κ3) is 6.93. The predicted octanol–water partition coefficient (Wildman–Crippen LogP) is 2.93. The van der Waals surface area contributed by atoms with E-state index in [1.165, 1.54) is 0 Å². The first-order valence-corrected chi connectivity index (χ1v) is 5.46.